The molecule has 1 aliphatic heterocycles. The highest BCUT2D eigenvalue weighted by molar-refractivity contribution is 5.94. The smallest absolute Gasteiger partial charge is 0.253 e. The van der Waals surface area contributed by atoms with Gasteiger partial charge in [-0.1, -0.05) is 0 Å². The number of aliphatic hydroxyl groups excluding tert-OH is 1. The number of hydrogen-bond donors (Lipinski definition) is 2. The first-order valence-corrected chi connectivity index (χ1v) is 11.6. The van der Waals surface area contributed by atoms with Crippen molar-refractivity contribution in [2.24, 2.45) is 0 Å². The summed E-state index contributed by atoms with van der Waals surface area (Å²) in [5, 5.41) is 12.4. The maximum Gasteiger partial charge on any atom is 0.253 e. The number of imidazole rings is 1. The lowest BCUT2D eigenvalue weighted by Gasteiger charge is -2.34. The number of carbonyl (C=O) groups is 1. The summed E-state index contributed by atoms with van der Waals surface area (Å²) in [5.74, 6) is 1.46. The molecule has 2 aromatic carbocycles. The molecule has 3 heterocycles. The zero-order chi connectivity index (χ0) is 24.2. The first kappa shape index (κ1) is 22.8. The van der Waals surface area contributed by atoms with E-state index in [4.69, 9.17) is 9.84 Å². The molecule has 1 amide bonds. The third-order valence-electron chi connectivity index (χ3n) is 6.28. The first-order chi connectivity index (χ1) is 17.2. The number of carbonyl (C=O) groups excluding carboxylic acids is 1. The highest BCUT2D eigenvalue weighted by atomic mass is 16.5. The van der Waals surface area contributed by atoms with Crippen LogP contribution in [0.15, 0.2) is 67.1 Å². The van der Waals surface area contributed by atoms with Crippen LogP contribution in [-0.2, 0) is 0 Å². The minimum atomic E-state index is 0.0258. The van der Waals surface area contributed by atoms with E-state index >= 15 is 0 Å². The standard InChI is InChI=1S/C26H28N6O3/c1-35-22-8-4-19(5-9-22)23-18-28-25-24(27-10-11-32(23)25)29-21-6-2-20(3-7-21)26(34)31-14-12-30(13-15-31)16-17-33/h2-11,18,33H,12-17H2,1H3,(H,27,29). The van der Waals surface area contributed by atoms with Gasteiger partial charge in [-0.15, -0.1) is 0 Å². The number of piperazine rings is 1. The number of fused-ring (bicyclic) bond motifs is 1. The Morgan fingerprint density at radius 3 is 2.46 bits per heavy atom. The number of β-amino-alcohol motifs (C(OH)–C–C–N with tert-alkyl or cyclic N) is 1. The molecule has 9 heteroatoms. The van der Waals surface area contributed by atoms with Crippen molar-refractivity contribution >= 4 is 23.1 Å². The number of ether oxygens (including phenoxy) is 1. The molecule has 180 valence electrons. The molecule has 0 atom stereocenters. The minimum absolute atomic E-state index is 0.0258. The molecule has 2 aromatic heterocycles. The van der Waals surface area contributed by atoms with Crippen LogP contribution in [0.5, 0.6) is 5.75 Å². The largest absolute Gasteiger partial charge is 0.497 e. The molecule has 0 radical (unpaired) electrons. The fourth-order valence-corrected chi connectivity index (χ4v) is 4.31. The molecule has 4 aromatic rings. The van der Waals surface area contributed by atoms with E-state index in [1.807, 2.05) is 70.2 Å². The molecule has 9 nitrogen and oxygen atoms in total. The molecule has 0 bridgehead atoms. The Balaban J connectivity index is 1.30. The van der Waals surface area contributed by atoms with Crippen LogP contribution in [0.4, 0.5) is 11.5 Å². The zero-order valence-electron chi connectivity index (χ0n) is 19.6. The Labute approximate surface area is 203 Å². The molecule has 0 spiro atoms. The fourth-order valence-electron chi connectivity index (χ4n) is 4.31. The van der Waals surface area contributed by atoms with Crippen LogP contribution < -0.4 is 10.1 Å². The molecule has 1 fully saturated rings. The van der Waals surface area contributed by atoms with E-state index in [1.54, 1.807) is 13.3 Å². The Bertz CT molecular complexity index is 1300. The molecule has 1 aliphatic rings. The van der Waals surface area contributed by atoms with E-state index in [9.17, 15) is 4.79 Å². The predicted octanol–water partition coefficient (Wildman–Crippen LogP) is 2.90. The van der Waals surface area contributed by atoms with Gasteiger partial charge in [-0.05, 0) is 48.5 Å². The van der Waals surface area contributed by atoms with Crippen LogP contribution in [0, 0.1) is 0 Å². The number of nitrogens with zero attached hydrogens (tertiary/aromatic N) is 5. The SMILES string of the molecule is COc1ccc(-c2cnc3c(Nc4ccc(C(=O)N5CCN(CCO)CC5)cc4)nccn23)cc1. The predicted molar refractivity (Wildman–Crippen MR) is 134 cm³/mol. The van der Waals surface area contributed by atoms with E-state index in [0.29, 0.717) is 36.7 Å². The molecule has 0 saturated carbocycles. The van der Waals surface area contributed by atoms with Gasteiger partial charge in [0.15, 0.2) is 11.5 Å². The van der Waals surface area contributed by atoms with E-state index in [-0.39, 0.29) is 12.5 Å². The average molecular weight is 473 g/mol. The van der Waals surface area contributed by atoms with Crippen LogP contribution in [-0.4, -0.2) is 81.6 Å². The second-order valence-electron chi connectivity index (χ2n) is 8.40. The van der Waals surface area contributed by atoms with Crippen molar-refractivity contribution in [1.29, 1.82) is 0 Å². The summed E-state index contributed by atoms with van der Waals surface area (Å²) >= 11 is 0. The Morgan fingerprint density at radius 1 is 1.03 bits per heavy atom. The fraction of sp³-hybridized carbons (Fsp3) is 0.269. The Hall–Kier alpha value is -3.95. The summed E-state index contributed by atoms with van der Waals surface area (Å²) < 4.78 is 7.25. The van der Waals surface area contributed by atoms with E-state index in [2.05, 4.69) is 20.2 Å². The summed E-state index contributed by atoms with van der Waals surface area (Å²) in [7, 11) is 1.65. The van der Waals surface area contributed by atoms with Gasteiger partial charge in [-0.3, -0.25) is 14.1 Å². The third-order valence-corrected chi connectivity index (χ3v) is 6.28. The monoisotopic (exact) mass is 472 g/mol. The quantitative estimate of drug-likeness (QED) is 0.427. The van der Waals surface area contributed by atoms with Crippen molar-refractivity contribution in [3.63, 3.8) is 0 Å². The number of methoxy groups -OCH3 is 1. The number of aliphatic hydroxyl groups is 1. The lowest BCUT2D eigenvalue weighted by atomic mass is 10.1. The van der Waals surface area contributed by atoms with Gasteiger partial charge in [0.05, 0.1) is 25.6 Å². The first-order valence-electron chi connectivity index (χ1n) is 11.6. The number of nitrogens with one attached hydrogen (secondary N) is 1. The highest BCUT2D eigenvalue weighted by Crippen LogP contribution is 2.26. The second kappa shape index (κ2) is 10.1. The van der Waals surface area contributed by atoms with Gasteiger partial charge >= 0.3 is 0 Å². The number of anilines is 2. The third kappa shape index (κ3) is 4.82. The summed E-state index contributed by atoms with van der Waals surface area (Å²) in [6, 6.07) is 15.3. The summed E-state index contributed by atoms with van der Waals surface area (Å²) in [6.07, 6.45) is 5.44. The summed E-state index contributed by atoms with van der Waals surface area (Å²) in [5.41, 5.74) is 4.16. The van der Waals surface area contributed by atoms with Crippen LogP contribution >= 0.6 is 0 Å². The topological polar surface area (TPSA) is 95.2 Å². The molecule has 0 aliphatic carbocycles. The second-order valence-corrected chi connectivity index (χ2v) is 8.40. The Morgan fingerprint density at radius 2 is 1.77 bits per heavy atom. The molecule has 5 rings (SSSR count). The van der Waals surface area contributed by atoms with Crippen LogP contribution in [0.2, 0.25) is 0 Å². The van der Waals surface area contributed by atoms with Crippen molar-refractivity contribution in [2.75, 3.05) is 51.8 Å². The number of aromatic nitrogens is 3. The number of benzene rings is 2. The minimum Gasteiger partial charge on any atom is -0.497 e. The number of rotatable bonds is 7. The van der Waals surface area contributed by atoms with E-state index in [0.717, 1.165) is 35.8 Å². The van der Waals surface area contributed by atoms with Crippen LogP contribution in [0.25, 0.3) is 16.9 Å². The zero-order valence-corrected chi connectivity index (χ0v) is 19.6. The van der Waals surface area contributed by atoms with Gasteiger partial charge in [-0.2, -0.15) is 0 Å². The number of amides is 1. The maximum atomic E-state index is 12.9. The normalized spacial score (nSPS) is 14.3. The van der Waals surface area contributed by atoms with Crippen LogP contribution in [0.1, 0.15) is 10.4 Å². The molecular weight excluding hydrogens is 444 g/mol. The number of hydrogen-bond acceptors (Lipinski definition) is 7. The van der Waals surface area contributed by atoms with Gasteiger partial charge in [-0.25, -0.2) is 9.97 Å². The molecular formula is C26H28N6O3. The molecule has 1 saturated heterocycles. The molecule has 0 unspecified atom stereocenters. The van der Waals surface area contributed by atoms with E-state index < -0.39 is 0 Å². The van der Waals surface area contributed by atoms with Crippen molar-refractivity contribution in [1.82, 2.24) is 24.2 Å². The average Bonchev–Trinajstić information content (AvgIpc) is 3.35. The lowest BCUT2D eigenvalue weighted by molar-refractivity contribution is 0.0615. The van der Waals surface area contributed by atoms with Crippen molar-refractivity contribution in [3.05, 3.63) is 72.7 Å². The van der Waals surface area contributed by atoms with Gasteiger partial charge in [0.2, 0.25) is 0 Å². The Kier molecular flexibility index (Phi) is 6.60. The molecule has 2 N–H and O–H groups in total. The van der Waals surface area contributed by atoms with Gasteiger partial charge in [0.25, 0.3) is 5.91 Å². The van der Waals surface area contributed by atoms with Gasteiger partial charge in [0, 0.05) is 61.9 Å². The van der Waals surface area contributed by atoms with Crippen molar-refractivity contribution in [2.45, 2.75) is 0 Å². The van der Waals surface area contributed by atoms with Gasteiger partial charge < -0.3 is 20.1 Å². The van der Waals surface area contributed by atoms with Gasteiger partial charge in [0.1, 0.15) is 5.75 Å². The van der Waals surface area contributed by atoms with E-state index in [1.165, 1.54) is 0 Å². The van der Waals surface area contributed by atoms with Crippen molar-refractivity contribution in [3.8, 4) is 17.0 Å². The molecule has 35 heavy (non-hydrogen) atoms. The van der Waals surface area contributed by atoms with Crippen LogP contribution in [0.3, 0.4) is 0 Å². The summed E-state index contributed by atoms with van der Waals surface area (Å²) in [6.45, 7) is 3.70. The summed E-state index contributed by atoms with van der Waals surface area (Å²) in [4.78, 5) is 26.0. The van der Waals surface area contributed by atoms with Crippen molar-refractivity contribution < 1.29 is 14.6 Å². The maximum absolute atomic E-state index is 12.9. The lowest BCUT2D eigenvalue weighted by Crippen LogP contribution is -2.49. The highest BCUT2D eigenvalue weighted by Gasteiger charge is 2.21.